The number of aliphatic hydroxyl groups excluding tert-OH is 1. The molecule has 0 saturated carbocycles. The van der Waals surface area contributed by atoms with E-state index in [1.165, 1.54) is 5.56 Å². The van der Waals surface area contributed by atoms with E-state index in [0.717, 1.165) is 24.8 Å². The number of aromatic nitrogens is 1. The molecular weight excluding hydrogens is 378 g/mol. The quantitative estimate of drug-likeness (QED) is 0.797. The van der Waals surface area contributed by atoms with Crippen molar-refractivity contribution in [1.29, 1.82) is 0 Å². The van der Waals surface area contributed by atoms with E-state index in [-0.39, 0.29) is 36.2 Å². The highest BCUT2D eigenvalue weighted by Gasteiger charge is 2.40. The first-order valence-electron chi connectivity index (χ1n) is 10.7. The first-order chi connectivity index (χ1) is 14.6. The second-order valence-electron chi connectivity index (χ2n) is 8.68. The van der Waals surface area contributed by atoms with Crippen molar-refractivity contribution >= 4 is 11.8 Å². The van der Waals surface area contributed by atoms with Gasteiger partial charge in [0.15, 0.2) is 0 Å². The summed E-state index contributed by atoms with van der Waals surface area (Å²) in [4.78, 5) is 33.2. The largest absolute Gasteiger partial charge is 0.396 e. The Kier molecular flexibility index (Phi) is 6.13. The normalized spacial score (nSPS) is 21.1. The van der Waals surface area contributed by atoms with E-state index in [4.69, 9.17) is 0 Å². The summed E-state index contributed by atoms with van der Waals surface area (Å²) in [6.45, 7) is 2.41. The van der Waals surface area contributed by atoms with Crippen LogP contribution >= 0.6 is 0 Å². The van der Waals surface area contributed by atoms with Crippen LogP contribution < -0.4 is 0 Å². The summed E-state index contributed by atoms with van der Waals surface area (Å²) >= 11 is 0. The maximum atomic E-state index is 13.1. The van der Waals surface area contributed by atoms with Crippen LogP contribution in [0.15, 0.2) is 54.9 Å². The number of benzene rings is 1. The molecule has 2 aliphatic rings. The number of carbonyl (C=O) groups is 2. The topological polar surface area (TPSA) is 73.7 Å². The van der Waals surface area contributed by atoms with Gasteiger partial charge < -0.3 is 14.9 Å². The molecule has 1 aromatic carbocycles. The summed E-state index contributed by atoms with van der Waals surface area (Å²) in [5.74, 6) is -0.155. The lowest BCUT2D eigenvalue weighted by atomic mass is 9.74. The van der Waals surface area contributed by atoms with Crippen molar-refractivity contribution in [3.63, 3.8) is 0 Å². The van der Waals surface area contributed by atoms with Gasteiger partial charge in [-0.3, -0.25) is 14.6 Å². The number of aliphatic hydroxyl groups is 1. The molecule has 6 heteroatoms. The van der Waals surface area contributed by atoms with Gasteiger partial charge in [-0.2, -0.15) is 0 Å². The third-order valence-electron chi connectivity index (χ3n) is 6.58. The monoisotopic (exact) mass is 407 g/mol. The minimum Gasteiger partial charge on any atom is -0.396 e. The Morgan fingerprint density at radius 2 is 1.77 bits per heavy atom. The van der Waals surface area contributed by atoms with E-state index in [9.17, 15) is 14.7 Å². The highest BCUT2D eigenvalue weighted by molar-refractivity contribution is 5.89. The van der Waals surface area contributed by atoms with E-state index in [1.54, 1.807) is 17.3 Å². The molecule has 2 saturated heterocycles. The van der Waals surface area contributed by atoms with Crippen LogP contribution in [0.5, 0.6) is 0 Å². The van der Waals surface area contributed by atoms with Gasteiger partial charge in [-0.15, -0.1) is 0 Å². The van der Waals surface area contributed by atoms with Gasteiger partial charge in [0.25, 0.3) is 0 Å². The van der Waals surface area contributed by atoms with Gasteiger partial charge in [0.2, 0.25) is 11.8 Å². The standard InChI is InChI=1S/C24H29N3O3/c28-18-24(15-19-4-2-1-3-5-19)8-12-26(13-9-24)23(30)21-14-22(29)27(17-21)16-20-6-10-25-11-7-20/h1-7,10-11,21,28H,8-9,12-18H2/t21-/m0/s1. The molecule has 1 atom stereocenters. The minimum absolute atomic E-state index is 0.0379. The SMILES string of the molecule is O=C1C[C@H](C(=O)N2CCC(CO)(Cc3ccccc3)CC2)CN1Cc1ccncc1. The van der Waals surface area contributed by atoms with Crippen LogP contribution in [0.3, 0.4) is 0 Å². The summed E-state index contributed by atoms with van der Waals surface area (Å²) in [6, 6.07) is 14.0. The van der Waals surface area contributed by atoms with E-state index in [0.29, 0.717) is 26.2 Å². The number of hydrogen-bond acceptors (Lipinski definition) is 4. The Morgan fingerprint density at radius 1 is 1.07 bits per heavy atom. The zero-order valence-corrected chi connectivity index (χ0v) is 17.2. The molecule has 0 spiro atoms. The molecule has 0 aliphatic carbocycles. The van der Waals surface area contributed by atoms with Crippen LogP contribution in [0, 0.1) is 11.3 Å². The molecule has 2 aliphatic heterocycles. The second-order valence-corrected chi connectivity index (χ2v) is 8.68. The number of amides is 2. The van der Waals surface area contributed by atoms with Gasteiger partial charge in [0, 0.05) is 57.0 Å². The summed E-state index contributed by atoms with van der Waals surface area (Å²) < 4.78 is 0. The highest BCUT2D eigenvalue weighted by atomic mass is 16.3. The Morgan fingerprint density at radius 3 is 2.43 bits per heavy atom. The number of hydrogen-bond donors (Lipinski definition) is 1. The van der Waals surface area contributed by atoms with Crippen LogP contribution in [0.1, 0.15) is 30.4 Å². The summed E-state index contributed by atoms with van der Waals surface area (Å²) in [6.07, 6.45) is 6.12. The van der Waals surface area contributed by atoms with Crippen molar-refractivity contribution in [1.82, 2.24) is 14.8 Å². The maximum absolute atomic E-state index is 13.1. The van der Waals surface area contributed by atoms with E-state index in [1.807, 2.05) is 35.2 Å². The Labute approximate surface area is 177 Å². The molecule has 1 aromatic heterocycles. The molecule has 2 fully saturated rings. The fraction of sp³-hybridized carbons (Fsp3) is 0.458. The molecule has 4 rings (SSSR count). The Bertz CT molecular complexity index is 864. The van der Waals surface area contributed by atoms with Crippen molar-refractivity contribution in [3.05, 3.63) is 66.0 Å². The number of piperidine rings is 1. The zero-order valence-electron chi connectivity index (χ0n) is 17.2. The van der Waals surface area contributed by atoms with Crippen molar-refractivity contribution < 1.29 is 14.7 Å². The molecule has 0 bridgehead atoms. The van der Waals surface area contributed by atoms with E-state index >= 15 is 0 Å². The van der Waals surface area contributed by atoms with Crippen molar-refractivity contribution in [2.75, 3.05) is 26.2 Å². The molecule has 158 valence electrons. The van der Waals surface area contributed by atoms with Crippen LogP contribution in [0.2, 0.25) is 0 Å². The molecular formula is C24H29N3O3. The van der Waals surface area contributed by atoms with Gasteiger partial charge in [0.05, 0.1) is 5.92 Å². The lowest BCUT2D eigenvalue weighted by molar-refractivity contribution is -0.138. The van der Waals surface area contributed by atoms with E-state index in [2.05, 4.69) is 17.1 Å². The number of carbonyl (C=O) groups excluding carboxylic acids is 2. The third-order valence-corrected chi connectivity index (χ3v) is 6.58. The Balaban J connectivity index is 1.33. The molecule has 6 nitrogen and oxygen atoms in total. The molecule has 30 heavy (non-hydrogen) atoms. The molecule has 2 amide bonds. The lowest BCUT2D eigenvalue weighted by Gasteiger charge is -2.41. The smallest absolute Gasteiger partial charge is 0.227 e. The summed E-state index contributed by atoms with van der Waals surface area (Å²) in [7, 11) is 0. The Hall–Kier alpha value is -2.73. The number of likely N-dealkylation sites (tertiary alicyclic amines) is 2. The first-order valence-corrected chi connectivity index (χ1v) is 10.7. The fourth-order valence-corrected chi connectivity index (χ4v) is 4.68. The molecule has 1 N–H and O–H groups in total. The molecule has 3 heterocycles. The minimum atomic E-state index is -0.268. The van der Waals surface area contributed by atoms with E-state index < -0.39 is 0 Å². The molecule has 0 unspecified atom stereocenters. The van der Waals surface area contributed by atoms with Crippen LogP contribution in [-0.4, -0.2) is 57.9 Å². The fourth-order valence-electron chi connectivity index (χ4n) is 4.68. The van der Waals surface area contributed by atoms with Crippen LogP contribution in [0.25, 0.3) is 0 Å². The van der Waals surface area contributed by atoms with Crippen molar-refractivity contribution in [2.45, 2.75) is 32.2 Å². The number of nitrogens with zero attached hydrogens (tertiary/aromatic N) is 3. The number of pyridine rings is 1. The van der Waals surface area contributed by atoms with Gasteiger partial charge in [-0.1, -0.05) is 30.3 Å². The van der Waals surface area contributed by atoms with Crippen LogP contribution in [0.4, 0.5) is 0 Å². The van der Waals surface area contributed by atoms with Gasteiger partial charge in [-0.25, -0.2) is 0 Å². The van der Waals surface area contributed by atoms with Crippen LogP contribution in [-0.2, 0) is 22.6 Å². The lowest BCUT2D eigenvalue weighted by Crippen LogP contribution is -2.47. The molecule has 0 radical (unpaired) electrons. The maximum Gasteiger partial charge on any atom is 0.227 e. The average Bonchev–Trinajstić information content (AvgIpc) is 3.15. The van der Waals surface area contributed by atoms with Crippen molar-refractivity contribution in [3.8, 4) is 0 Å². The number of rotatable bonds is 6. The van der Waals surface area contributed by atoms with Gasteiger partial charge in [-0.05, 0) is 42.5 Å². The average molecular weight is 408 g/mol. The van der Waals surface area contributed by atoms with Crippen molar-refractivity contribution in [2.24, 2.45) is 11.3 Å². The predicted octanol–water partition coefficient (Wildman–Crippen LogP) is 2.27. The summed E-state index contributed by atoms with van der Waals surface area (Å²) in [5, 5.41) is 10.1. The summed E-state index contributed by atoms with van der Waals surface area (Å²) in [5.41, 5.74) is 2.08. The second kappa shape index (κ2) is 8.96. The first kappa shape index (κ1) is 20.5. The zero-order chi connectivity index (χ0) is 21.0. The highest BCUT2D eigenvalue weighted by Crippen LogP contribution is 2.35. The molecule has 2 aromatic rings. The predicted molar refractivity (Wildman–Crippen MR) is 113 cm³/mol. The third kappa shape index (κ3) is 4.54. The van der Waals surface area contributed by atoms with Gasteiger partial charge in [0.1, 0.15) is 0 Å². The van der Waals surface area contributed by atoms with Gasteiger partial charge >= 0.3 is 0 Å².